The number of ether oxygens (including phenoxy) is 1. The molecule has 1 aromatic heterocycles. The molecule has 6 nitrogen and oxygen atoms in total. The van der Waals surface area contributed by atoms with E-state index in [1.807, 2.05) is 24.7 Å². The molecule has 0 unspecified atom stereocenters. The number of anilines is 1. The van der Waals surface area contributed by atoms with Gasteiger partial charge in [0.15, 0.2) is 0 Å². The van der Waals surface area contributed by atoms with Crippen molar-refractivity contribution in [3.63, 3.8) is 0 Å². The van der Waals surface area contributed by atoms with Crippen molar-refractivity contribution in [2.75, 3.05) is 25.5 Å². The molecule has 2 rings (SSSR count). The van der Waals surface area contributed by atoms with Crippen LogP contribution in [0.15, 0.2) is 6.07 Å². The number of carbonyl (C=O) groups is 1. The highest BCUT2D eigenvalue weighted by Gasteiger charge is 2.17. The van der Waals surface area contributed by atoms with Crippen molar-refractivity contribution in [2.45, 2.75) is 65.5 Å². The number of urea groups is 1. The minimum Gasteiger partial charge on any atom is -0.378 e. The van der Waals surface area contributed by atoms with Crippen LogP contribution in [0.25, 0.3) is 0 Å². The van der Waals surface area contributed by atoms with Crippen LogP contribution in [0.3, 0.4) is 0 Å². The third-order valence-corrected chi connectivity index (χ3v) is 4.45. The average Bonchev–Trinajstić information content (AvgIpc) is 3.14. The van der Waals surface area contributed by atoms with Crippen molar-refractivity contribution >= 4 is 11.8 Å². The van der Waals surface area contributed by atoms with E-state index in [9.17, 15) is 4.79 Å². The molecule has 0 aromatic carbocycles. The molecule has 0 bridgehead atoms. The maximum absolute atomic E-state index is 12.4. The molecule has 1 saturated heterocycles. The van der Waals surface area contributed by atoms with Gasteiger partial charge in [-0.3, -0.25) is 5.32 Å². The van der Waals surface area contributed by atoms with Gasteiger partial charge < -0.3 is 9.64 Å². The monoisotopic (exact) mass is 336 g/mol. The summed E-state index contributed by atoms with van der Waals surface area (Å²) in [4.78, 5) is 14.1. The van der Waals surface area contributed by atoms with Gasteiger partial charge in [0.05, 0.1) is 11.8 Å². The Labute approximate surface area is 145 Å². The van der Waals surface area contributed by atoms with E-state index in [2.05, 4.69) is 24.3 Å². The number of amides is 2. The predicted molar refractivity (Wildman–Crippen MR) is 96.3 cm³/mol. The van der Waals surface area contributed by atoms with Gasteiger partial charge in [0.25, 0.3) is 0 Å². The van der Waals surface area contributed by atoms with E-state index in [1.165, 1.54) is 6.42 Å². The van der Waals surface area contributed by atoms with Crippen LogP contribution in [0.5, 0.6) is 0 Å². The van der Waals surface area contributed by atoms with Crippen LogP contribution in [-0.4, -0.2) is 47.0 Å². The first-order valence-corrected chi connectivity index (χ1v) is 9.14. The van der Waals surface area contributed by atoms with E-state index < -0.39 is 0 Å². The topological polar surface area (TPSA) is 59.4 Å². The van der Waals surface area contributed by atoms with Crippen molar-refractivity contribution in [2.24, 2.45) is 5.92 Å². The van der Waals surface area contributed by atoms with Gasteiger partial charge in [-0.1, -0.05) is 13.8 Å². The van der Waals surface area contributed by atoms with Gasteiger partial charge in [0.2, 0.25) is 0 Å². The van der Waals surface area contributed by atoms with Crippen LogP contribution in [0.2, 0.25) is 0 Å². The van der Waals surface area contributed by atoms with Gasteiger partial charge in [0.1, 0.15) is 5.82 Å². The Morgan fingerprint density at radius 2 is 2.33 bits per heavy atom. The summed E-state index contributed by atoms with van der Waals surface area (Å²) in [5.41, 5.74) is 0.926. The molecule has 0 radical (unpaired) electrons. The molecule has 1 aliphatic heterocycles. The molecule has 1 fully saturated rings. The number of aryl methyl sites for hydroxylation is 2. The number of aromatic nitrogens is 2. The number of carbonyl (C=O) groups excluding carboxylic acids is 1. The largest absolute Gasteiger partial charge is 0.378 e. The van der Waals surface area contributed by atoms with Gasteiger partial charge in [-0.05, 0) is 44.9 Å². The third-order valence-electron chi connectivity index (χ3n) is 4.45. The number of hydrogen-bond acceptors (Lipinski definition) is 3. The van der Waals surface area contributed by atoms with Crippen LogP contribution in [0, 0.1) is 12.8 Å². The standard InChI is InChI=1S/C18H32N4O2/c1-14(2)9-11-22-17(13-15(3)20-22)19-18(23)21(4)10-5-7-16-8-6-12-24-16/h13-14,16H,5-12H2,1-4H3,(H,19,23)/t16-/m1/s1. The third kappa shape index (κ3) is 5.82. The summed E-state index contributed by atoms with van der Waals surface area (Å²) >= 11 is 0. The van der Waals surface area contributed by atoms with Gasteiger partial charge >= 0.3 is 6.03 Å². The first-order chi connectivity index (χ1) is 11.5. The molecule has 0 spiro atoms. The number of nitrogens with zero attached hydrogens (tertiary/aromatic N) is 3. The lowest BCUT2D eigenvalue weighted by Crippen LogP contribution is -2.33. The Kier molecular flexibility index (Phi) is 7.09. The summed E-state index contributed by atoms with van der Waals surface area (Å²) in [5.74, 6) is 1.39. The fraction of sp³-hybridized carbons (Fsp3) is 0.778. The lowest BCUT2D eigenvalue weighted by molar-refractivity contribution is 0.100. The molecule has 2 heterocycles. The van der Waals surface area contributed by atoms with Crippen LogP contribution in [-0.2, 0) is 11.3 Å². The van der Waals surface area contributed by atoms with E-state index in [4.69, 9.17) is 4.74 Å². The van der Waals surface area contributed by atoms with E-state index in [0.29, 0.717) is 12.0 Å². The van der Waals surface area contributed by atoms with Gasteiger partial charge in [0, 0.05) is 32.8 Å². The summed E-state index contributed by atoms with van der Waals surface area (Å²) in [6, 6.07) is 1.85. The molecule has 1 atom stereocenters. The Balaban J connectivity index is 1.79. The van der Waals surface area contributed by atoms with Crippen LogP contribution in [0.1, 0.15) is 51.6 Å². The summed E-state index contributed by atoms with van der Waals surface area (Å²) in [6.07, 6.45) is 5.76. The van der Waals surface area contributed by atoms with Gasteiger partial charge in [-0.15, -0.1) is 0 Å². The zero-order valence-corrected chi connectivity index (χ0v) is 15.5. The van der Waals surface area contributed by atoms with E-state index in [1.54, 1.807) is 4.90 Å². The maximum Gasteiger partial charge on any atom is 0.322 e. The molecule has 1 aromatic rings. The highest BCUT2D eigenvalue weighted by molar-refractivity contribution is 5.88. The fourth-order valence-electron chi connectivity index (χ4n) is 2.93. The second kappa shape index (κ2) is 9.06. The molecule has 136 valence electrons. The zero-order chi connectivity index (χ0) is 17.5. The van der Waals surface area contributed by atoms with Crippen LogP contribution < -0.4 is 5.32 Å². The quantitative estimate of drug-likeness (QED) is 0.788. The Morgan fingerprint density at radius 1 is 1.54 bits per heavy atom. The smallest absolute Gasteiger partial charge is 0.322 e. The molecule has 0 aliphatic carbocycles. The summed E-state index contributed by atoms with van der Waals surface area (Å²) in [7, 11) is 1.84. The second-order valence-corrected chi connectivity index (χ2v) is 7.21. The van der Waals surface area contributed by atoms with Crippen LogP contribution in [0.4, 0.5) is 10.6 Å². The van der Waals surface area contributed by atoms with E-state index in [0.717, 1.165) is 56.9 Å². The predicted octanol–water partition coefficient (Wildman–Crippen LogP) is 3.66. The molecule has 6 heteroatoms. The van der Waals surface area contributed by atoms with E-state index >= 15 is 0 Å². The molecular weight excluding hydrogens is 304 g/mol. The first kappa shape index (κ1) is 18.8. The van der Waals surface area contributed by atoms with Crippen LogP contribution >= 0.6 is 0 Å². The normalized spacial score (nSPS) is 17.5. The highest BCUT2D eigenvalue weighted by Crippen LogP contribution is 2.17. The van der Waals surface area contributed by atoms with Crippen molar-refractivity contribution in [3.05, 3.63) is 11.8 Å². The minimum absolute atomic E-state index is 0.0759. The molecule has 2 amide bonds. The lowest BCUT2D eigenvalue weighted by atomic mass is 10.1. The Morgan fingerprint density at radius 3 is 3.00 bits per heavy atom. The molecule has 1 aliphatic rings. The molecule has 1 N–H and O–H groups in total. The summed E-state index contributed by atoms with van der Waals surface area (Å²) in [5, 5.41) is 7.47. The molecule has 0 saturated carbocycles. The number of nitrogens with one attached hydrogen (secondary N) is 1. The number of rotatable bonds is 8. The van der Waals surface area contributed by atoms with Gasteiger partial charge in [-0.25, -0.2) is 9.48 Å². The Bertz CT molecular complexity index is 521. The molecule has 24 heavy (non-hydrogen) atoms. The summed E-state index contributed by atoms with van der Waals surface area (Å²) in [6.45, 7) is 8.79. The average molecular weight is 336 g/mol. The molecular formula is C18H32N4O2. The second-order valence-electron chi connectivity index (χ2n) is 7.21. The summed E-state index contributed by atoms with van der Waals surface area (Å²) < 4.78 is 7.52. The SMILES string of the molecule is Cc1cc(NC(=O)N(C)CCC[C@@H]2CCCO2)n(CCC(C)C)n1. The fourth-order valence-corrected chi connectivity index (χ4v) is 2.93. The van der Waals surface area contributed by atoms with Crippen molar-refractivity contribution in [1.29, 1.82) is 0 Å². The number of hydrogen-bond donors (Lipinski definition) is 1. The lowest BCUT2D eigenvalue weighted by Gasteiger charge is -2.19. The highest BCUT2D eigenvalue weighted by atomic mass is 16.5. The Hall–Kier alpha value is -1.56. The van der Waals surface area contributed by atoms with Crippen molar-refractivity contribution in [3.8, 4) is 0 Å². The zero-order valence-electron chi connectivity index (χ0n) is 15.5. The minimum atomic E-state index is -0.0759. The first-order valence-electron chi connectivity index (χ1n) is 9.14. The van der Waals surface area contributed by atoms with Crippen molar-refractivity contribution in [1.82, 2.24) is 14.7 Å². The van der Waals surface area contributed by atoms with E-state index in [-0.39, 0.29) is 6.03 Å². The van der Waals surface area contributed by atoms with Gasteiger partial charge in [-0.2, -0.15) is 5.10 Å². The van der Waals surface area contributed by atoms with Crippen molar-refractivity contribution < 1.29 is 9.53 Å². The maximum atomic E-state index is 12.4.